The summed E-state index contributed by atoms with van der Waals surface area (Å²) in [4.78, 5) is 4.58. The zero-order valence-electron chi connectivity index (χ0n) is 30.6. The number of hydrogen-bond donors (Lipinski definition) is 0. The third-order valence-corrected chi connectivity index (χ3v) is 9.34. The summed E-state index contributed by atoms with van der Waals surface area (Å²) in [7, 11) is 2.22. The van der Waals surface area contributed by atoms with Crippen LogP contribution in [0.4, 0.5) is 22.7 Å². The van der Waals surface area contributed by atoms with Crippen LogP contribution in [0, 0.1) is 0 Å². The van der Waals surface area contributed by atoms with Crippen LogP contribution >= 0.6 is 0 Å². The van der Waals surface area contributed by atoms with Gasteiger partial charge in [0, 0.05) is 44.9 Å². The van der Waals surface area contributed by atoms with Crippen molar-refractivity contribution < 1.29 is 4.42 Å². The second-order valence-corrected chi connectivity index (χ2v) is 15.3. The fraction of sp³-hybridized carbons (Fsp3) is 0.244. The van der Waals surface area contributed by atoms with Gasteiger partial charge in [-0.15, -0.1) is 0 Å². The summed E-state index contributed by atoms with van der Waals surface area (Å²) in [6.07, 6.45) is 0. The van der Waals surface area contributed by atoms with E-state index in [1.165, 1.54) is 11.1 Å². The normalized spacial score (nSPS) is 11.9. The molecule has 0 aliphatic heterocycles. The molecule has 0 aliphatic carbocycles. The topological polar surface area (TPSA) is 19.6 Å². The largest absolute Gasteiger partial charge is 0.456 e. The van der Waals surface area contributed by atoms with E-state index in [2.05, 4.69) is 183 Å². The number of fused-ring (bicyclic) bond motifs is 3. The molecule has 0 atom stereocenters. The zero-order chi connectivity index (χ0) is 35.2. The Balaban J connectivity index is 1.52. The SMILES string of the molecule is C=C(C)N(c1ccc(C(C)(C)C)cc1)c1cc(C(C)(C)C)cc(N(C(=C)C)c2cccc(-c3ccc4oc5ccccc5c4c3)c2)c1[B]C. The van der Waals surface area contributed by atoms with Gasteiger partial charge in [0.15, 0.2) is 7.28 Å². The first-order valence-corrected chi connectivity index (χ1v) is 17.2. The van der Waals surface area contributed by atoms with Crippen LogP contribution < -0.4 is 15.3 Å². The molecule has 1 heterocycles. The van der Waals surface area contributed by atoms with E-state index < -0.39 is 0 Å². The summed E-state index contributed by atoms with van der Waals surface area (Å²) in [5.41, 5.74) is 13.9. The summed E-state index contributed by atoms with van der Waals surface area (Å²) in [5.74, 6) is 0. The van der Waals surface area contributed by atoms with E-state index >= 15 is 0 Å². The van der Waals surface area contributed by atoms with Crippen LogP contribution in [-0.4, -0.2) is 7.28 Å². The second kappa shape index (κ2) is 12.8. The van der Waals surface area contributed by atoms with Gasteiger partial charge >= 0.3 is 0 Å². The first kappa shape index (κ1) is 33.9. The van der Waals surface area contributed by atoms with Gasteiger partial charge in [-0.2, -0.15) is 0 Å². The van der Waals surface area contributed by atoms with Gasteiger partial charge in [0.2, 0.25) is 0 Å². The number of nitrogens with zero attached hydrogens (tertiary/aromatic N) is 2. The lowest BCUT2D eigenvalue weighted by Gasteiger charge is -2.35. The lowest BCUT2D eigenvalue weighted by molar-refractivity contribution is 0.590. The van der Waals surface area contributed by atoms with Crippen molar-refractivity contribution >= 4 is 57.4 Å². The number of rotatable bonds is 8. The third-order valence-electron chi connectivity index (χ3n) is 9.34. The Morgan fingerprint density at radius 3 is 1.73 bits per heavy atom. The van der Waals surface area contributed by atoms with Crippen LogP contribution in [0.25, 0.3) is 33.1 Å². The van der Waals surface area contributed by atoms with Gasteiger partial charge in [-0.05, 0) is 107 Å². The minimum Gasteiger partial charge on any atom is -0.456 e. The maximum absolute atomic E-state index is 6.12. The molecule has 0 amide bonds. The first-order chi connectivity index (χ1) is 23.2. The van der Waals surface area contributed by atoms with Crippen LogP contribution in [0.5, 0.6) is 0 Å². The number of benzene rings is 5. The molecule has 5 aromatic carbocycles. The molecular formula is C45H48BN2O. The maximum atomic E-state index is 6.12. The Morgan fingerprint density at radius 2 is 1.14 bits per heavy atom. The van der Waals surface area contributed by atoms with Crippen LogP contribution in [0.15, 0.2) is 132 Å². The minimum absolute atomic E-state index is 0.0723. The fourth-order valence-corrected chi connectivity index (χ4v) is 6.69. The van der Waals surface area contributed by atoms with Gasteiger partial charge in [0.25, 0.3) is 0 Å². The Morgan fingerprint density at radius 1 is 0.571 bits per heavy atom. The number of allylic oxidation sites excluding steroid dienone is 2. The summed E-state index contributed by atoms with van der Waals surface area (Å²) in [6, 6.07) is 37.1. The van der Waals surface area contributed by atoms with Crippen molar-refractivity contribution in [3.05, 3.63) is 139 Å². The highest BCUT2D eigenvalue weighted by atomic mass is 16.3. The summed E-state index contributed by atoms with van der Waals surface area (Å²) < 4.78 is 6.12. The molecule has 6 rings (SSSR count). The van der Waals surface area contributed by atoms with E-state index in [0.717, 1.165) is 72.7 Å². The van der Waals surface area contributed by atoms with Crippen molar-refractivity contribution in [2.24, 2.45) is 0 Å². The summed E-state index contributed by atoms with van der Waals surface area (Å²) in [5, 5.41) is 2.25. The Hall–Kier alpha value is -4.96. The molecular weight excluding hydrogens is 595 g/mol. The third kappa shape index (κ3) is 6.57. The molecule has 0 fully saturated rings. The number of furan rings is 1. The molecule has 0 N–H and O–H groups in total. The molecule has 6 aromatic rings. The number of para-hydroxylation sites is 1. The highest BCUT2D eigenvalue weighted by Crippen LogP contribution is 2.40. The van der Waals surface area contributed by atoms with Crippen molar-refractivity contribution in [2.45, 2.75) is 73.0 Å². The quantitative estimate of drug-likeness (QED) is 0.154. The van der Waals surface area contributed by atoms with Gasteiger partial charge < -0.3 is 14.2 Å². The highest BCUT2D eigenvalue weighted by molar-refractivity contribution is 6.57. The van der Waals surface area contributed by atoms with Crippen molar-refractivity contribution in [3.63, 3.8) is 0 Å². The molecule has 0 spiro atoms. The molecule has 49 heavy (non-hydrogen) atoms. The van der Waals surface area contributed by atoms with Crippen molar-refractivity contribution in [1.82, 2.24) is 0 Å². The smallest absolute Gasteiger partial charge is 0.153 e. The van der Waals surface area contributed by atoms with E-state index in [1.54, 1.807) is 0 Å². The Bertz CT molecular complexity index is 2190. The minimum atomic E-state index is -0.0992. The standard InChI is InChI=1S/C45H48BN2O/c1-29(2)47(35-22-20-33(21-23-35)44(5,6)7)39-27-34(45(8,9)10)28-40(43(39)46-11)48(30(3)4)36-16-14-15-31(25-36)32-19-24-42-38(26-32)37-17-12-13-18-41(37)49-42/h12-28H,1,3H2,2,4-11H3. The molecule has 0 saturated carbocycles. The average Bonchev–Trinajstić information content (AvgIpc) is 3.42. The van der Waals surface area contributed by atoms with Crippen molar-refractivity contribution in [3.8, 4) is 11.1 Å². The molecule has 1 aromatic heterocycles. The highest BCUT2D eigenvalue weighted by Gasteiger charge is 2.26. The van der Waals surface area contributed by atoms with Crippen LogP contribution in [0.1, 0.15) is 66.5 Å². The van der Waals surface area contributed by atoms with Crippen LogP contribution in [-0.2, 0) is 10.8 Å². The van der Waals surface area contributed by atoms with Gasteiger partial charge in [0.05, 0.1) is 0 Å². The zero-order valence-corrected chi connectivity index (χ0v) is 30.6. The monoisotopic (exact) mass is 643 g/mol. The lowest BCUT2D eigenvalue weighted by Crippen LogP contribution is -2.31. The molecule has 0 bridgehead atoms. The molecule has 1 radical (unpaired) electrons. The summed E-state index contributed by atoms with van der Waals surface area (Å²) in [6.45, 7) is 28.8. The van der Waals surface area contributed by atoms with Crippen molar-refractivity contribution in [1.29, 1.82) is 0 Å². The summed E-state index contributed by atoms with van der Waals surface area (Å²) >= 11 is 0. The van der Waals surface area contributed by atoms with E-state index in [0.29, 0.717) is 0 Å². The molecule has 0 aliphatic rings. The number of anilines is 4. The average molecular weight is 644 g/mol. The van der Waals surface area contributed by atoms with E-state index in [1.807, 2.05) is 12.1 Å². The van der Waals surface area contributed by atoms with Crippen molar-refractivity contribution in [2.75, 3.05) is 9.80 Å². The fourth-order valence-electron chi connectivity index (χ4n) is 6.69. The predicted molar refractivity (Wildman–Crippen MR) is 215 cm³/mol. The second-order valence-electron chi connectivity index (χ2n) is 15.3. The van der Waals surface area contributed by atoms with Gasteiger partial charge in [-0.3, -0.25) is 0 Å². The maximum Gasteiger partial charge on any atom is 0.153 e. The lowest BCUT2D eigenvalue weighted by atomic mass is 9.69. The first-order valence-electron chi connectivity index (χ1n) is 17.2. The molecule has 0 unspecified atom stereocenters. The van der Waals surface area contributed by atoms with E-state index in [-0.39, 0.29) is 10.8 Å². The van der Waals surface area contributed by atoms with Crippen LogP contribution in [0.2, 0.25) is 6.82 Å². The Kier molecular flexibility index (Phi) is 8.88. The van der Waals surface area contributed by atoms with Crippen LogP contribution in [0.3, 0.4) is 0 Å². The predicted octanol–water partition coefficient (Wildman–Crippen LogP) is 12.6. The van der Waals surface area contributed by atoms with Gasteiger partial charge in [0.1, 0.15) is 11.2 Å². The molecule has 3 nitrogen and oxygen atoms in total. The molecule has 4 heteroatoms. The molecule has 247 valence electrons. The Labute approximate surface area is 293 Å². The van der Waals surface area contributed by atoms with Gasteiger partial charge in [-0.25, -0.2) is 0 Å². The number of hydrogen-bond acceptors (Lipinski definition) is 3. The van der Waals surface area contributed by atoms with Gasteiger partial charge in [-0.1, -0.05) is 110 Å². The van der Waals surface area contributed by atoms with E-state index in [9.17, 15) is 0 Å². The molecule has 0 saturated heterocycles. The van der Waals surface area contributed by atoms with E-state index in [4.69, 9.17) is 4.42 Å².